The van der Waals surface area contributed by atoms with Crippen LogP contribution in [0.25, 0.3) is 0 Å². The predicted octanol–water partition coefficient (Wildman–Crippen LogP) is 12.1. The second-order valence-corrected chi connectivity index (χ2v) is 26.7. The molecular weight excluding hydrogens is 861 g/mol. The van der Waals surface area contributed by atoms with Crippen LogP contribution in [-0.2, 0) is 47.7 Å². The molecule has 1 heterocycles. The lowest BCUT2D eigenvalue weighted by molar-refractivity contribution is -0.225. The number of hydrogen-bond acceptors (Lipinski definition) is 11. The molecule has 11 heteroatoms. The minimum atomic E-state index is -0.687. The maximum absolute atomic E-state index is 12.5. The topological polar surface area (TPSA) is 152 Å². The van der Waals surface area contributed by atoms with Gasteiger partial charge in [0, 0.05) is 12.8 Å². The van der Waals surface area contributed by atoms with E-state index in [1.807, 2.05) is 62.3 Å². The highest BCUT2D eigenvalue weighted by atomic mass is 16.6. The van der Waals surface area contributed by atoms with E-state index in [4.69, 9.17) is 23.7 Å². The summed E-state index contributed by atoms with van der Waals surface area (Å²) in [6, 6.07) is 0. The Hall–Kier alpha value is -2.69. The molecule has 0 amide bonds. The molecule has 0 spiro atoms. The lowest BCUT2D eigenvalue weighted by Gasteiger charge is -2.59. The van der Waals surface area contributed by atoms with E-state index >= 15 is 0 Å². The largest absolute Gasteiger partial charge is 0.463 e. The Kier molecular flexibility index (Phi) is 16.1. The van der Waals surface area contributed by atoms with Crippen LogP contribution in [0.1, 0.15) is 225 Å². The molecule has 10 bridgehead atoms. The lowest BCUT2D eigenvalue weighted by atomic mass is 9.50. The Bertz CT molecular complexity index is 1800. The number of cyclic esters (lactones) is 1. The van der Waals surface area contributed by atoms with Gasteiger partial charge in [-0.1, -0.05) is 27.7 Å². The summed E-state index contributed by atoms with van der Waals surface area (Å²) in [7, 11) is 0. The smallest absolute Gasteiger partial charge is 0.347 e. The normalized spacial score (nSPS) is 38.2. The van der Waals surface area contributed by atoms with Crippen molar-refractivity contribution in [2.24, 2.45) is 69.0 Å². The molecule has 0 radical (unpaired) electrons. The third-order valence-corrected chi connectivity index (χ3v) is 19.7. The van der Waals surface area contributed by atoms with Crippen molar-refractivity contribution in [1.29, 1.82) is 0 Å². The highest BCUT2D eigenvalue weighted by Gasteiger charge is 2.60. The molecule has 6 unspecified atom stereocenters. The van der Waals surface area contributed by atoms with Gasteiger partial charge in [-0.3, -0.25) is 19.2 Å². The van der Waals surface area contributed by atoms with E-state index in [-0.39, 0.29) is 51.5 Å². The Morgan fingerprint density at radius 3 is 1.40 bits per heavy atom. The summed E-state index contributed by atoms with van der Waals surface area (Å²) in [4.78, 5) is 59.6. The maximum atomic E-state index is 12.5. The van der Waals surface area contributed by atoms with E-state index in [1.165, 1.54) is 57.8 Å². The van der Waals surface area contributed by atoms with Crippen LogP contribution >= 0.6 is 0 Å². The lowest BCUT2D eigenvalue weighted by Crippen LogP contribution is -2.61. The molecule has 1 aliphatic heterocycles. The van der Waals surface area contributed by atoms with Gasteiger partial charge in [-0.2, -0.15) is 0 Å². The molecule has 1 saturated heterocycles. The Labute approximate surface area is 410 Å². The maximum Gasteiger partial charge on any atom is 0.347 e. The van der Waals surface area contributed by atoms with Gasteiger partial charge in [0.2, 0.25) is 6.10 Å². The zero-order chi connectivity index (χ0) is 50.5. The highest BCUT2D eigenvalue weighted by Crippen LogP contribution is 2.61. The standard InChI is InChI=1S/C17H28O2.C16H26O3.C14H24O2.C10H16O4/c1-5-16(2,3)15(18)19-17(4)13-7-11-6-12(9-13)10-14(17)8-11;1-4-14(2,3)13(17)19-16-8-11-5-12(9-16)7-15(18,6-11)10-16;1-5-13(2,3)12(15)16-14(4)9-10-6-7-11(14)8-10;1-4-10(2,3)9(12)14-7-5-6-13-8(7)11/h11-14H,5-10H2,1-4H3;11-12,18H,4-10H2,1-3H3;10-11H,5-9H2,1-4H3;7H,4-6H2,1-3H3. The van der Waals surface area contributed by atoms with Gasteiger partial charge in [0.25, 0.3) is 0 Å². The summed E-state index contributed by atoms with van der Waals surface area (Å²) in [5.41, 5.74) is -2.84. The first-order valence-electron chi connectivity index (χ1n) is 27.3. The fraction of sp³-hybridized carbons (Fsp3) is 0.912. The minimum absolute atomic E-state index is 0.00921. The zero-order valence-electron chi connectivity index (χ0n) is 45.1. The number of carbonyl (C=O) groups is 5. The van der Waals surface area contributed by atoms with Crippen LogP contribution < -0.4 is 0 Å². The number of ether oxygens (including phenoxy) is 5. The molecule has 0 aromatic heterocycles. The summed E-state index contributed by atoms with van der Waals surface area (Å²) in [5.74, 6) is 4.82. The summed E-state index contributed by atoms with van der Waals surface area (Å²) < 4.78 is 27.7. The van der Waals surface area contributed by atoms with Crippen LogP contribution in [-0.4, -0.2) is 70.1 Å². The second-order valence-electron chi connectivity index (χ2n) is 26.7. The van der Waals surface area contributed by atoms with Crippen molar-refractivity contribution in [2.75, 3.05) is 6.61 Å². The number of rotatable bonds is 12. The number of aliphatic hydroxyl groups is 1. The van der Waals surface area contributed by atoms with Crippen molar-refractivity contribution in [3.8, 4) is 0 Å². The van der Waals surface area contributed by atoms with Crippen molar-refractivity contribution in [3.63, 3.8) is 0 Å². The molecule has 0 aromatic carbocycles. The average molecular weight is 955 g/mol. The van der Waals surface area contributed by atoms with E-state index < -0.39 is 28.5 Å². The van der Waals surface area contributed by atoms with Crippen LogP contribution in [0.3, 0.4) is 0 Å². The Balaban J connectivity index is 0.000000151. The summed E-state index contributed by atoms with van der Waals surface area (Å²) in [6.07, 6.45) is 20.2. The molecule has 11 rings (SSSR count). The fourth-order valence-electron chi connectivity index (χ4n) is 13.7. The van der Waals surface area contributed by atoms with Gasteiger partial charge in [-0.05, 0) is 232 Å². The van der Waals surface area contributed by atoms with E-state index in [9.17, 15) is 29.1 Å². The summed E-state index contributed by atoms with van der Waals surface area (Å²) in [6.45, 7) is 28.2. The molecule has 6 atom stereocenters. The zero-order valence-corrected chi connectivity index (χ0v) is 45.1. The molecule has 11 nitrogen and oxygen atoms in total. The van der Waals surface area contributed by atoms with Crippen molar-refractivity contribution < 1.29 is 52.8 Å². The third-order valence-electron chi connectivity index (χ3n) is 19.7. The molecular formula is C57H94O11. The highest BCUT2D eigenvalue weighted by molar-refractivity contribution is 5.83. The van der Waals surface area contributed by atoms with Gasteiger partial charge in [0.15, 0.2) is 0 Å². The fourth-order valence-corrected chi connectivity index (χ4v) is 13.7. The van der Waals surface area contributed by atoms with Gasteiger partial charge in [-0.25, -0.2) is 4.79 Å². The van der Waals surface area contributed by atoms with Crippen LogP contribution in [0, 0.1) is 69.0 Å². The molecule has 10 saturated carbocycles. The first kappa shape index (κ1) is 54.6. The van der Waals surface area contributed by atoms with E-state index in [1.54, 1.807) is 13.8 Å². The first-order valence-corrected chi connectivity index (χ1v) is 27.3. The van der Waals surface area contributed by atoms with Crippen LogP contribution in [0.5, 0.6) is 0 Å². The van der Waals surface area contributed by atoms with Crippen molar-refractivity contribution in [2.45, 2.75) is 254 Å². The van der Waals surface area contributed by atoms with E-state index in [0.717, 1.165) is 69.1 Å². The van der Waals surface area contributed by atoms with Gasteiger partial charge in [0.05, 0.1) is 33.9 Å². The van der Waals surface area contributed by atoms with Crippen LogP contribution in [0.4, 0.5) is 0 Å². The third kappa shape index (κ3) is 11.8. The van der Waals surface area contributed by atoms with Gasteiger partial charge in [-0.15, -0.1) is 0 Å². The average Bonchev–Trinajstić information content (AvgIpc) is 3.98. The SMILES string of the molecule is CCC(C)(C)C(=O)OC1(C)C2CC3CC(C2)CC1C3.CCC(C)(C)C(=O)OC1(C)CC2CCC1C2.CCC(C)(C)C(=O)OC12CC3CC(CC(O)(C3)C1)C2.CCC(C)(C)C(=O)OC1CCOC1=O. The van der Waals surface area contributed by atoms with Gasteiger partial charge in [0.1, 0.15) is 16.8 Å². The van der Waals surface area contributed by atoms with Crippen molar-refractivity contribution in [1.82, 2.24) is 0 Å². The molecule has 10 aliphatic carbocycles. The first-order chi connectivity index (χ1) is 31.4. The van der Waals surface area contributed by atoms with Gasteiger partial charge >= 0.3 is 29.8 Å². The van der Waals surface area contributed by atoms with Crippen molar-refractivity contribution >= 4 is 29.8 Å². The van der Waals surface area contributed by atoms with E-state index in [0.29, 0.717) is 55.5 Å². The minimum Gasteiger partial charge on any atom is -0.463 e. The number of esters is 5. The quantitative estimate of drug-likeness (QED) is 0.147. The molecule has 68 heavy (non-hydrogen) atoms. The molecule has 11 aliphatic rings. The molecule has 0 aromatic rings. The van der Waals surface area contributed by atoms with E-state index in [2.05, 4.69) is 20.8 Å². The molecule has 1 N–H and O–H groups in total. The molecule has 11 fully saturated rings. The van der Waals surface area contributed by atoms with Crippen LogP contribution in [0.2, 0.25) is 0 Å². The van der Waals surface area contributed by atoms with Crippen molar-refractivity contribution in [3.05, 3.63) is 0 Å². The number of fused-ring (bicyclic) bond motifs is 2. The number of hydrogen-bond donors (Lipinski definition) is 1. The number of carbonyl (C=O) groups excluding carboxylic acids is 5. The summed E-state index contributed by atoms with van der Waals surface area (Å²) in [5, 5.41) is 10.6. The van der Waals surface area contributed by atoms with Crippen LogP contribution in [0.15, 0.2) is 0 Å². The monoisotopic (exact) mass is 955 g/mol. The van der Waals surface area contributed by atoms with Gasteiger partial charge < -0.3 is 28.8 Å². The Morgan fingerprint density at radius 2 is 0.985 bits per heavy atom. The predicted molar refractivity (Wildman–Crippen MR) is 262 cm³/mol. The summed E-state index contributed by atoms with van der Waals surface area (Å²) >= 11 is 0. The second kappa shape index (κ2) is 20.1. The Morgan fingerprint density at radius 1 is 0.544 bits per heavy atom. The molecule has 388 valence electrons.